The molecule has 0 unspecified atom stereocenters. The Morgan fingerprint density at radius 2 is 2.11 bits per heavy atom. The smallest absolute Gasteiger partial charge is 0.326 e. The first-order valence-electron chi connectivity index (χ1n) is 5.67. The van der Waals surface area contributed by atoms with Crippen molar-refractivity contribution >= 4 is 23.3 Å². The lowest BCUT2D eigenvalue weighted by atomic mass is 10.1. The van der Waals surface area contributed by atoms with E-state index in [4.69, 9.17) is 5.11 Å². The number of carbonyl (C=O) groups is 2. The lowest BCUT2D eigenvalue weighted by molar-refractivity contribution is -0.147. The molecule has 1 amide bonds. The fraction of sp³-hybridized carbons (Fsp3) is 0.308. The molecule has 94 valence electrons. The summed E-state index contributed by atoms with van der Waals surface area (Å²) in [5.41, 5.74) is 1.90. The molecule has 1 atom stereocenters. The van der Waals surface area contributed by atoms with Crippen molar-refractivity contribution in [2.75, 3.05) is 0 Å². The van der Waals surface area contributed by atoms with Gasteiger partial charge in [0.15, 0.2) is 0 Å². The van der Waals surface area contributed by atoms with Crippen LogP contribution in [-0.4, -0.2) is 33.6 Å². The van der Waals surface area contributed by atoms with Gasteiger partial charge < -0.3 is 10.0 Å². The highest BCUT2D eigenvalue weighted by molar-refractivity contribution is 6.38. The number of fused-ring (bicyclic) bond motifs is 1. The normalized spacial score (nSPS) is 16.7. The molecule has 5 nitrogen and oxygen atoms in total. The third-order valence-electron chi connectivity index (χ3n) is 3.02. The molecular formula is C13H14N2O3. The Balaban J connectivity index is 2.45. The van der Waals surface area contributed by atoms with E-state index >= 15 is 0 Å². The minimum Gasteiger partial charge on any atom is -0.480 e. The number of amides is 1. The van der Waals surface area contributed by atoms with Crippen molar-refractivity contribution in [2.24, 2.45) is 4.99 Å². The molecule has 1 aromatic carbocycles. The van der Waals surface area contributed by atoms with Crippen LogP contribution >= 0.6 is 0 Å². The minimum atomic E-state index is -1.02. The summed E-state index contributed by atoms with van der Waals surface area (Å²) in [7, 11) is 0. The van der Waals surface area contributed by atoms with E-state index in [1.54, 1.807) is 6.92 Å². The maximum atomic E-state index is 12.1. The van der Waals surface area contributed by atoms with Gasteiger partial charge in [-0.15, -0.1) is 0 Å². The molecule has 0 fully saturated rings. The number of para-hydroxylation sites is 1. The molecule has 1 N–H and O–H groups in total. The highest BCUT2D eigenvalue weighted by Gasteiger charge is 2.29. The monoisotopic (exact) mass is 246 g/mol. The molecule has 0 saturated carbocycles. The van der Waals surface area contributed by atoms with Crippen LogP contribution in [0.1, 0.15) is 19.4 Å². The Bertz CT molecular complexity index is 537. The highest BCUT2D eigenvalue weighted by atomic mass is 16.4. The second-order valence-corrected chi connectivity index (χ2v) is 4.27. The number of hydrogen-bond acceptors (Lipinski definition) is 3. The fourth-order valence-electron chi connectivity index (χ4n) is 1.89. The summed E-state index contributed by atoms with van der Waals surface area (Å²) in [6.45, 7) is 3.37. The van der Waals surface area contributed by atoms with Gasteiger partial charge in [0.1, 0.15) is 11.8 Å². The largest absolute Gasteiger partial charge is 0.480 e. The van der Waals surface area contributed by atoms with Crippen molar-refractivity contribution < 1.29 is 14.7 Å². The SMILES string of the molecule is CC1=Nc2ccccc2CN([C@@H](C)C(=O)O)C1=O. The molecule has 0 saturated heterocycles. The molecule has 1 heterocycles. The van der Waals surface area contributed by atoms with Crippen LogP contribution in [0, 0.1) is 0 Å². The van der Waals surface area contributed by atoms with Crippen LogP contribution in [0.3, 0.4) is 0 Å². The van der Waals surface area contributed by atoms with Crippen molar-refractivity contribution in [3.05, 3.63) is 29.8 Å². The zero-order valence-corrected chi connectivity index (χ0v) is 10.3. The molecule has 1 aliphatic rings. The van der Waals surface area contributed by atoms with Crippen molar-refractivity contribution in [1.82, 2.24) is 4.90 Å². The quantitative estimate of drug-likeness (QED) is 0.861. The average Bonchev–Trinajstić information content (AvgIpc) is 2.47. The van der Waals surface area contributed by atoms with Gasteiger partial charge in [0, 0.05) is 6.54 Å². The molecule has 1 aromatic rings. The first-order chi connectivity index (χ1) is 8.50. The van der Waals surface area contributed by atoms with Crippen molar-refractivity contribution in [3.63, 3.8) is 0 Å². The summed E-state index contributed by atoms with van der Waals surface area (Å²) in [4.78, 5) is 28.7. The minimum absolute atomic E-state index is 0.267. The van der Waals surface area contributed by atoms with Gasteiger partial charge in [-0.05, 0) is 25.5 Å². The maximum absolute atomic E-state index is 12.1. The first-order valence-corrected chi connectivity index (χ1v) is 5.67. The van der Waals surface area contributed by atoms with Crippen LogP contribution in [-0.2, 0) is 16.1 Å². The second kappa shape index (κ2) is 4.60. The Morgan fingerprint density at radius 3 is 2.78 bits per heavy atom. The predicted molar refractivity (Wildman–Crippen MR) is 66.9 cm³/mol. The molecule has 0 aromatic heterocycles. The van der Waals surface area contributed by atoms with Crippen molar-refractivity contribution in [3.8, 4) is 0 Å². The molecule has 2 rings (SSSR count). The Hall–Kier alpha value is -2.17. The molecule has 0 spiro atoms. The maximum Gasteiger partial charge on any atom is 0.326 e. The lowest BCUT2D eigenvalue weighted by Gasteiger charge is -2.25. The zero-order chi connectivity index (χ0) is 13.3. The van der Waals surface area contributed by atoms with E-state index in [2.05, 4.69) is 4.99 Å². The number of aliphatic imine (C=N–C) groups is 1. The van der Waals surface area contributed by atoms with Gasteiger partial charge in [0.05, 0.1) is 5.69 Å². The topological polar surface area (TPSA) is 70.0 Å². The number of carbonyl (C=O) groups excluding carboxylic acids is 1. The summed E-state index contributed by atoms with van der Waals surface area (Å²) in [6.07, 6.45) is 0. The second-order valence-electron chi connectivity index (χ2n) is 4.27. The summed E-state index contributed by atoms with van der Waals surface area (Å²) < 4.78 is 0. The van der Waals surface area contributed by atoms with Crippen molar-refractivity contribution in [2.45, 2.75) is 26.4 Å². The van der Waals surface area contributed by atoms with Gasteiger partial charge in [-0.3, -0.25) is 4.79 Å². The summed E-state index contributed by atoms with van der Waals surface area (Å²) in [6, 6.07) is 6.50. The Kier molecular flexibility index (Phi) is 3.14. The van der Waals surface area contributed by atoms with E-state index in [-0.39, 0.29) is 12.5 Å². The zero-order valence-electron chi connectivity index (χ0n) is 10.3. The van der Waals surface area contributed by atoms with Gasteiger partial charge in [-0.25, -0.2) is 9.79 Å². The molecular weight excluding hydrogens is 232 g/mol. The van der Waals surface area contributed by atoms with Gasteiger partial charge in [-0.2, -0.15) is 0 Å². The molecule has 18 heavy (non-hydrogen) atoms. The van der Waals surface area contributed by atoms with E-state index in [1.807, 2.05) is 24.3 Å². The van der Waals surface area contributed by atoms with E-state index in [0.29, 0.717) is 5.71 Å². The Morgan fingerprint density at radius 1 is 1.44 bits per heavy atom. The van der Waals surface area contributed by atoms with Crippen molar-refractivity contribution in [1.29, 1.82) is 0 Å². The first kappa shape index (κ1) is 12.3. The molecule has 1 aliphatic heterocycles. The number of hydrogen-bond donors (Lipinski definition) is 1. The van der Waals surface area contributed by atoms with E-state index in [1.165, 1.54) is 11.8 Å². The van der Waals surface area contributed by atoms with Crippen LogP contribution in [0.2, 0.25) is 0 Å². The lowest BCUT2D eigenvalue weighted by Crippen LogP contribution is -2.44. The van der Waals surface area contributed by atoms with Crippen LogP contribution in [0.15, 0.2) is 29.3 Å². The molecule has 0 radical (unpaired) electrons. The van der Waals surface area contributed by atoms with E-state index < -0.39 is 12.0 Å². The number of carboxylic acid groups (broad SMARTS) is 1. The standard InChI is InChI=1S/C13H14N2O3/c1-8-12(16)15(9(2)13(17)18)7-10-5-3-4-6-11(10)14-8/h3-6,9H,7H2,1-2H3,(H,17,18)/t9-/m0/s1. The van der Waals surface area contributed by atoms with Crippen LogP contribution in [0.25, 0.3) is 0 Å². The van der Waals surface area contributed by atoms with Crippen LogP contribution < -0.4 is 0 Å². The van der Waals surface area contributed by atoms with Crippen LogP contribution in [0.4, 0.5) is 5.69 Å². The summed E-state index contributed by atoms with van der Waals surface area (Å²) in [5.74, 6) is -1.35. The molecule has 5 heteroatoms. The molecule has 0 aliphatic carbocycles. The Labute approximate surface area is 105 Å². The third kappa shape index (κ3) is 2.11. The summed E-state index contributed by atoms with van der Waals surface area (Å²) >= 11 is 0. The van der Waals surface area contributed by atoms with Gasteiger partial charge >= 0.3 is 5.97 Å². The number of nitrogens with zero attached hydrogens (tertiary/aromatic N) is 2. The molecule has 0 bridgehead atoms. The third-order valence-corrected chi connectivity index (χ3v) is 3.02. The number of carboxylic acids is 1. The summed E-state index contributed by atoms with van der Waals surface area (Å²) in [5, 5.41) is 9.04. The van der Waals surface area contributed by atoms with Crippen LogP contribution in [0.5, 0.6) is 0 Å². The van der Waals surface area contributed by atoms with E-state index in [0.717, 1.165) is 11.3 Å². The average molecular weight is 246 g/mol. The predicted octanol–water partition coefficient (Wildman–Crippen LogP) is 1.59. The van der Waals surface area contributed by atoms with E-state index in [9.17, 15) is 9.59 Å². The number of rotatable bonds is 2. The highest BCUT2D eigenvalue weighted by Crippen LogP contribution is 2.25. The number of aliphatic carboxylic acids is 1. The van der Waals surface area contributed by atoms with Gasteiger partial charge in [0.2, 0.25) is 0 Å². The number of benzene rings is 1. The van der Waals surface area contributed by atoms with Gasteiger partial charge in [0.25, 0.3) is 5.91 Å². The van der Waals surface area contributed by atoms with Gasteiger partial charge in [-0.1, -0.05) is 18.2 Å². The fourth-order valence-corrected chi connectivity index (χ4v) is 1.89.